The predicted molar refractivity (Wildman–Crippen MR) is 107 cm³/mol. The maximum atomic E-state index is 12.6. The normalized spacial score (nSPS) is 13.6. The van der Waals surface area contributed by atoms with Gasteiger partial charge in [-0.15, -0.1) is 0 Å². The van der Waals surface area contributed by atoms with E-state index in [1.807, 2.05) is 59.5 Å². The predicted octanol–water partition coefficient (Wildman–Crippen LogP) is 4.43. The van der Waals surface area contributed by atoms with Crippen molar-refractivity contribution in [3.05, 3.63) is 71.9 Å². The summed E-state index contributed by atoms with van der Waals surface area (Å²) in [6, 6.07) is 17.5. The molecule has 0 aliphatic carbocycles. The summed E-state index contributed by atoms with van der Waals surface area (Å²) in [5.74, 6) is 1.47. The highest BCUT2D eigenvalue weighted by molar-refractivity contribution is 5.95. The smallest absolute Gasteiger partial charge is 0.253 e. The van der Waals surface area contributed by atoms with E-state index in [-0.39, 0.29) is 5.91 Å². The summed E-state index contributed by atoms with van der Waals surface area (Å²) in [4.78, 5) is 23.5. The molecule has 0 atom stereocenters. The lowest BCUT2D eigenvalue weighted by molar-refractivity contribution is 0.0793. The van der Waals surface area contributed by atoms with Gasteiger partial charge in [0.15, 0.2) is 5.82 Å². The fourth-order valence-corrected chi connectivity index (χ4v) is 3.25. The van der Waals surface area contributed by atoms with Crippen molar-refractivity contribution in [2.45, 2.75) is 19.8 Å². The third-order valence-corrected chi connectivity index (χ3v) is 4.74. The second kappa shape index (κ2) is 7.58. The maximum Gasteiger partial charge on any atom is 0.253 e. The number of hydrogen-bond donors (Lipinski definition) is 1. The molecule has 1 aliphatic heterocycles. The molecule has 1 fully saturated rings. The number of hydrogen-bond acceptors (Lipinski definition) is 4. The van der Waals surface area contributed by atoms with Crippen molar-refractivity contribution in [2.24, 2.45) is 0 Å². The van der Waals surface area contributed by atoms with Gasteiger partial charge in [0.1, 0.15) is 5.82 Å². The minimum Gasteiger partial charge on any atom is -0.340 e. The molecular weight excluding hydrogens is 336 g/mol. The van der Waals surface area contributed by atoms with Crippen molar-refractivity contribution >= 4 is 17.4 Å². The first-order valence-electron chi connectivity index (χ1n) is 9.25. The standard InChI is InChI=1S/C22H22N4O/c1-16-7-9-17(10-8-16)21-23-12-11-20(25-21)24-19-6-4-5-18(15-19)22(27)26-13-2-3-14-26/h4-12,15H,2-3,13-14H2,1H3,(H,23,24,25). The summed E-state index contributed by atoms with van der Waals surface area (Å²) >= 11 is 0. The van der Waals surface area contributed by atoms with Crippen LogP contribution in [0.4, 0.5) is 11.5 Å². The Labute approximate surface area is 159 Å². The van der Waals surface area contributed by atoms with Crippen LogP contribution in [0.1, 0.15) is 28.8 Å². The van der Waals surface area contributed by atoms with Crippen molar-refractivity contribution < 1.29 is 4.79 Å². The summed E-state index contributed by atoms with van der Waals surface area (Å²) in [6.45, 7) is 3.75. The molecule has 2 heterocycles. The number of likely N-dealkylation sites (tertiary alicyclic amines) is 1. The van der Waals surface area contributed by atoms with Crippen molar-refractivity contribution in [3.63, 3.8) is 0 Å². The number of rotatable bonds is 4. The summed E-state index contributed by atoms with van der Waals surface area (Å²) in [5, 5.41) is 3.29. The Balaban J connectivity index is 1.54. The second-order valence-electron chi connectivity index (χ2n) is 6.84. The van der Waals surface area contributed by atoms with Gasteiger partial charge >= 0.3 is 0 Å². The van der Waals surface area contributed by atoms with Crippen LogP contribution in [0.2, 0.25) is 0 Å². The van der Waals surface area contributed by atoms with E-state index in [9.17, 15) is 4.79 Å². The highest BCUT2D eigenvalue weighted by Gasteiger charge is 2.19. The molecule has 1 amide bonds. The van der Waals surface area contributed by atoms with E-state index in [0.29, 0.717) is 17.2 Å². The first-order chi connectivity index (χ1) is 13.2. The van der Waals surface area contributed by atoms with E-state index in [2.05, 4.69) is 22.2 Å². The summed E-state index contributed by atoms with van der Waals surface area (Å²) in [5.41, 5.74) is 3.72. The van der Waals surface area contributed by atoms with Crippen LogP contribution in [0.25, 0.3) is 11.4 Å². The van der Waals surface area contributed by atoms with Gasteiger partial charge in [0.05, 0.1) is 0 Å². The van der Waals surface area contributed by atoms with Crippen molar-refractivity contribution in [3.8, 4) is 11.4 Å². The molecule has 0 bridgehead atoms. The van der Waals surface area contributed by atoms with Gasteiger partial charge in [-0.05, 0) is 44.0 Å². The molecule has 2 aromatic carbocycles. The molecular formula is C22H22N4O. The van der Waals surface area contributed by atoms with Crippen LogP contribution < -0.4 is 5.32 Å². The van der Waals surface area contributed by atoms with Crippen LogP contribution in [-0.4, -0.2) is 33.9 Å². The van der Waals surface area contributed by atoms with Crippen molar-refractivity contribution in [2.75, 3.05) is 18.4 Å². The van der Waals surface area contributed by atoms with Crippen LogP contribution in [0, 0.1) is 6.92 Å². The average molecular weight is 358 g/mol. The second-order valence-corrected chi connectivity index (χ2v) is 6.84. The monoisotopic (exact) mass is 358 g/mol. The van der Waals surface area contributed by atoms with E-state index in [1.165, 1.54) is 5.56 Å². The Morgan fingerprint density at radius 3 is 2.59 bits per heavy atom. The first-order valence-corrected chi connectivity index (χ1v) is 9.25. The zero-order chi connectivity index (χ0) is 18.6. The SMILES string of the molecule is Cc1ccc(-c2nccc(Nc3cccc(C(=O)N4CCCC4)c3)n2)cc1. The van der Waals surface area contributed by atoms with Crippen LogP contribution in [-0.2, 0) is 0 Å². The van der Waals surface area contributed by atoms with Crippen molar-refractivity contribution in [1.29, 1.82) is 0 Å². The largest absolute Gasteiger partial charge is 0.340 e. The molecule has 27 heavy (non-hydrogen) atoms. The Morgan fingerprint density at radius 2 is 1.81 bits per heavy atom. The van der Waals surface area contributed by atoms with E-state index >= 15 is 0 Å². The number of nitrogens with one attached hydrogen (secondary N) is 1. The minimum atomic E-state index is 0.0965. The maximum absolute atomic E-state index is 12.6. The van der Waals surface area contributed by atoms with Gasteiger partial charge in [-0.1, -0.05) is 35.9 Å². The number of aryl methyl sites for hydroxylation is 1. The number of amides is 1. The molecule has 5 nitrogen and oxygen atoms in total. The molecule has 1 aromatic heterocycles. The van der Waals surface area contributed by atoms with Gasteiger partial charge in [0.25, 0.3) is 5.91 Å². The lowest BCUT2D eigenvalue weighted by Gasteiger charge is -2.16. The molecule has 0 spiro atoms. The highest BCUT2D eigenvalue weighted by atomic mass is 16.2. The lowest BCUT2D eigenvalue weighted by atomic mass is 10.1. The molecule has 0 saturated carbocycles. The molecule has 0 radical (unpaired) electrons. The lowest BCUT2D eigenvalue weighted by Crippen LogP contribution is -2.27. The quantitative estimate of drug-likeness (QED) is 0.749. The molecule has 136 valence electrons. The molecule has 0 unspecified atom stereocenters. The van der Waals surface area contributed by atoms with Gasteiger partial charge < -0.3 is 10.2 Å². The fraction of sp³-hybridized carbons (Fsp3) is 0.227. The zero-order valence-electron chi connectivity index (χ0n) is 15.4. The Hall–Kier alpha value is -3.21. The summed E-state index contributed by atoms with van der Waals surface area (Å²) in [6.07, 6.45) is 3.92. The van der Waals surface area contributed by atoms with Gasteiger partial charge in [0.2, 0.25) is 0 Å². The zero-order valence-corrected chi connectivity index (χ0v) is 15.4. The molecule has 1 N–H and O–H groups in total. The first kappa shape index (κ1) is 17.2. The molecule has 3 aromatic rings. The topological polar surface area (TPSA) is 58.1 Å². The number of benzene rings is 2. The van der Waals surface area contributed by atoms with E-state index in [4.69, 9.17) is 0 Å². The molecule has 4 rings (SSSR count). The Bertz CT molecular complexity index is 947. The van der Waals surface area contributed by atoms with E-state index in [1.54, 1.807) is 6.20 Å². The molecule has 5 heteroatoms. The third-order valence-electron chi connectivity index (χ3n) is 4.74. The van der Waals surface area contributed by atoms with Gasteiger partial charge in [-0.2, -0.15) is 0 Å². The number of carbonyl (C=O) groups is 1. The molecule has 1 aliphatic rings. The van der Waals surface area contributed by atoms with Gasteiger partial charge in [-0.25, -0.2) is 9.97 Å². The number of anilines is 2. The fourth-order valence-electron chi connectivity index (χ4n) is 3.25. The highest BCUT2D eigenvalue weighted by Crippen LogP contribution is 2.21. The minimum absolute atomic E-state index is 0.0965. The van der Waals surface area contributed by atoms with Crippen LogP contribution in [0.15, 0.2) is 60.8 Å². The third kappa shape index (κ3) is 3.97. The van der Waals surface area contributed by atoms with E-state index < -0.39 is 0 Å². The number of carbonyl (C=O) groups excluding carboxylic acids is 1. The van der Waals surface area contributed by atoms with Crippen LogP contribution in [0.5, 0.6) is 0 Å². The van der Waals surface area contributed by atoms with Crippen LogP contribution in [0.3, 0.4) is 0 Å². The van der Waals surface area contributed by atoms with Gasteiger partial charge in [-0.3, -0.25) is 4.79 Å². The summed E-state index contributed by atoms with van der Waals surface area (Å²) in [7, 11) is 0. The average Bonchev–Trinajstić information content (AvgIpc) is 3.23. The number of nitrogens with zero attached hydrogens (tertiary/aromatic N) is 3. The van der Waals surface area contributed by atoms with Gasteiger partial charge in [0, 0.05) is 36.1 Å². The molecule has 1 saturated heterocycles. The van der Waals surface area contributed by atoms with E-state index in [0.717, 1.165) is 37.2 Å². The number of aromatic nitrogens is 2. The summed E-state index contributed by atoms with van der Waals surface area (Å²) < 4.78 is 0. The Kier molecular flexibility index (Phi) is 4.83. The van der Waals surface area contributed by atoms with Crippen LogP contribution >= 0.6 is 0 Å². The van der Waals surface area contributed by atoms with Crippen molar-refractivity contribution in [1.82, 2.24) is 14.9 Å². The Morgan fingerprint density at radius 1 is 1.04 bits per heavy atom.